The number of hydrogen-bond acceptors (Lipinski definition) is 7. The summed E-state index contributed by atoms with van der Waals surface area (Å²) in [5.74, 6) is 0.0570. The molecular weight excluding hydrogens is 467 g/mol. The average molecular weight is 496 g/mol. The van der Waals surface area contributed by atoms with Crippen LogP contribution in [0.1, 0.15) is 31.4 Å². The van der Waals surface area contributed by atoms with Crippen molar-refractivity contribution in [3.8, 4) is 5.75 Å². The maximum absolute atomic E-state index is 11.5. The minimum absolute atomic E-state index is 0. The molecule has 1 heterocycles. The summed E-state index contributed by atoms with van der Waals surface area (Å²) in [5, 5.41) is 10.4. The molecule has 0 bridgehead atoms. The van der Waals surface area contributed by atoms with E-state index in [4.69, 9.17) is 4.74 Å². The van der Waals surface area contributed by atoms with Crippen molar-refractivity contribution in [2.75, 3.05) is 31.3 Å². The van der Waals surface area contributed by atoms with Gasteiger partial charge in [-0.2, -0.15) is 4.58 Å². The van der Waals surface area contributed by atoms with Crippen molar-refractivity contribution >= 4 is 39.8 Å². The van der Waals surface area contributed by atoms with Gasteiger partial charge in [-0.25, -0.2) is 8.42 Å². The van der Waals surface area contributed by atoms with Gasteiger partial charge >= 0.3 is 29.6 Å². The van der Waals surface area contributed by atoms with Crippen LogP contribution in [0.15, 0.2) is 48.5 Å². The Kier molecular flexibility index (Phi) is 9.64. The van der Waals surface area contributed by atoms with E-state index in [1.54, 1.807) is 6.07 Å². The van der Waals surface area contributed by atoms with Crippen LogP contribution in [0.4, 0.5) is 11.4 Å². The number of hydrogen-bond donors (Lipinski definition) is 0. The van der Waals surface area contributed by atoms with Gasteiger partial charge in [0.25, 0.3) is 16.6 Å². The largest absolute Gasteiger partial charge is 1.00 e. The molecule has 0 aromatic heterocycles. The number of allylic oxidation sites excluding steroid dienone is 1. The first kappa shape index (κ1) is 28.2. The molecule has 0 saturated heterocycles. The van der Waals surface area contributed by atoms with Gasteiger partial charge in [0.05, 0.1) is 11.2 Å². The molecule has 0 radical (unpaired) electrons. The van der Waals surface area contributed by atoms with Gasteiger partial charge in [0.15, 0.2) is 5.71 Å². The minimum Gasteiger partial charge on any atom is -0.707 e. The summed E-state index contributed by atoms with van der Waals surface area (Å²) in [6.45, 7) is 4.87. The third-order valence-electron chi connectivity index (χ3n) is 5.77. The summed E-state index contributed by atoms with van der Waals surface area (Å²) in [6, 6.07) is 13.5. The average Bonchev–Trinajstić information content (AvgIpc) is 2.98. The van der Waals surface area contributed by atoms with E-state index in [0.29, 0.717) is 18.8 Å². The Balaban J connectivity index is 0.00000408. The molecule has 0 saturated carbocycles. The van der Waals surface area contributed by atoms with Crippen molar-refractivity contribution in [1.29, 1.82) is 0 Å². The first-order valence-corrected chi connectivity index (χ1v) is 12.1. The molecule has 0 fully saturated rings. The fraction of sp³-hybridized carbons (Fsp3) is 0.333. The van der Waals surface area contributed by atoms with E-state index < -0.39 is 15.5 Å². The Morgan fingerprint density at radius 1 is 1.09 bits per heavy atom. The van der Waals surface area contributed by atoms with Crippen LogP contribution in [-0.4, -0.2) is 51.6 Å². The number of benzene rings is 2. The van der Waals surface area contributed by atoms with Gasteiger partial charge in [-0.05, 0) is 49.8 Å². The van der Waals surface area contributed by atoms with E-state index in [0.717, 1.165) is 28.2 Å². The summed E-state index contributed by atoms with van der Waals surface area (Å²) >= 11 is 0. The van der Waals surface area contributed by atoms with Crippen LogP contribution in [0, 0.1) is 0 Å². The predicted molar refractivity (Wildman–Crippen MR) is 125 cm³/mol. The van der Waals surface area contributed by atoms with E-state index in [1.165, 1.54) is 0 Å². The van der Waals surface area contributed by atoms with E-state index in [-0.39, 0.29) is 41.7 Å². The molecule has 0 amide bonds. The smallest absolute Gasteiger partial charge is 0.707 e. The van der Waals surface area contributed by atoms with Crippen LogP contribution in [0.5, 0.6) is 5.75 Å². The van der Waals surface area contributed by atoms with Gasteiger partial charge in [0, 0.05) is 43.9 Å². The topological polar surface area (TPSA) is 99.0 Å². The van der Waals surface area contributed by atoms with Crippen molar-refractivity contribution in [1.82, 2.24) is 0 Å². The van der Waals surface area contributed by atoms with Crippen LogP contribution in [0.2, 0.25) is 0 Å². The standard InChI is InChI=1S/C24H28N2O6S.Na/c1-24(2)21-16-20(31-17-27)11-12-22(21)26(14-5-15-33(29,30)32-28)23(24)13-8-18-6-9-19(10-7-18)25(3)4;/h6-13,16-17H,5,14-15H2,1-4H3;/q;+1. The Hall–Kier alpha value is -2.01. The first-order chi connectivity index (χ1) is 15.6. The fourth-order valence-electron chi connectivity index (χ4n) is 4.02. The molecule has 0 N–H and O–H groups in total. The monoisotopic (exact) mass is 495 g/mol. The number of nitrogens with zero attached hydrogens (tertiary/aromatic N) is 2. The first-order valence-electron chi connectivity index (χ1n) is 10.5. The number of carbonyl (C=O) groups is 1. The van der Waals surface area contributed by atoms with Crippen LogP contribution < -0.4 is 44.5 Å². The fourth-order valence-corrected chi connectivity index (χ4v) is 4.57. The molecule has 1 aliphatic rings. The number of ether oxygens (including phenoxy) is 1. The van der Waals surface area contributed by atoms with Crippen LogP contribution >= 0.6 is 0 Å². The van der Waals surface area contributed by atoms with Gasteiger partial charge in [-0.15, -0.1) is 0 Å². The Labute approximate surface area is 222 Å². The van der Waals surface area contributed by atoms with E-state index in [2.05, 4.69) is 18.2 Å². The Bertz CT molecular complexity index is 1190. The molecule has 2 aromatic rings. The zero-order valence-electron chi connectivity index (χ0n) is 20.1. The van der Waals surface area contributed by atoms with E-state index >= 15 is 0 Å². The van der Waals surface area contributed by atoms with Crippen molar-refractivity contribution in [2.24, 2.45) is 0 Å². The molecule has 1 aliphatic heterocycles. The van der Waals surface area contributed by atoms with Gasteiger partial charge in [0.2, 0.25) is 5.69 Å². The second kappa shape index (κ2) is 11.6. The van der Waals surface area contributed by atoms with Crippen LogP contribution in [-0.2, 0) is 24.7 Å². The molecule has 0 spiro atoms. The summed E-state index contributed by atoms with van der Waals surface area (Å²) < 4.78 is 33.4. The molecule has 176 valence electrons. The number of fused-ring (bicyclic) bond motifs is 1. The van der Waals surface area contributed by atoms with Crippen LogP contribution in [0.3, 0.4) is 0 Å². The Morgan fingerprint density at radius 2 is 1.76 bits per heavy atom. The molecule has 10 heteroatoms. The summed E-state index contributed by atoms with van der Waals surface area (Å²) in [4.78, 5) is 12.8. The molecule has 0 aliphatic carbocycles. The minimum atomic E-state index is -4.09. The Morgan fingerprint density at radius 3 is 2.35 bits per heavy atom. The second-order valence-corrected chi connectivity index (χ2v) is 10.2. The van der Waals surface area contributed by atoms with Crippen molar-refractivity contribution in [2.45, 2.75) is 25.7 Å². The zero-order chi connectivity index (χ0) is 24.2. The second-order valence-electron chi connectivity index (χ2n) is 8.56. The molecule has 8 nitrogen and oxygen atoms in total. The third-order valence-corrected chi connectivity index (χ3v) is 6.77. The molecule has 0 unspecified atom stereocenters. The molecule has 0 atom stereocenters. The molecule has 34 heavy (non-hydrogen) atoms. The number of carbonyl (C=O) groups excluding carboxylic acids is 1. The predicted octanol–water partition coefficient (Wildman–Crippen LogP) is -0.607. The zero-order valence-corrected chi connectivity index (χ0v) is 23.0. The quantitative estimate of drug-likeness (QED) is 0.143. The van der Waals surface area contributed by atoms with Crippen molar-refractivity contribution < 1.29 is 61.7 Å². The molecule has 3 rings (SSSR count). The van der Waals surface area contributed by atoms with Gasteiger partial charge < -0.3 is 19.2 Å². The van der Waals surface area contributed by atoms with Crippen LogP contribution in [0.25, 0.3) is 6.08 Å². The maximum atomic E-state index is 11.5. The van der Waals surface area contributed by atoms with Gasteiger partial charge in [-0.3, -0.25) is 4.79 Å². The number of anilines is 1. The normalized spacial score (nSPS) is 14.6. The summed E-state index contributed by atoms with van der Waals surface area (Å²) in [5.41, 5.74) is 4.48. The van der Waals surface area contributed by atoms with E-state index in [1.807, 2.05) is 72.1 Å². The van der Waals surface area contributed by atoms with Crippen molar-refractivity contribution in [3.05, 3.63) is 59.7 Å². The third kappa shape index (κ3) is 6.35. The van der Waals surface area contributed by atoms with Gasteiger partial charge in [0.1, 0.15) is 12.3 Å². The summed E-state index contributed by atoms with van der Waals surface area (Å²) in [7, 11) is -0.120. The molecule has 2 aromatic carbocycles. The maximum Gasteiger partial charge on any atom is 1.00 e. The SMILES string of the molecule is CN(C)c1ccc(/C=C/C2=[N+](CCCS(=O)(=O)O[O-])c3ccc(OC=O)cc3C2(C)C)cc1.[Na+]. The van der Waals surface area contributed by atoms with Crippen molar-refractivity contribution in [3.63, 3.8) is 0 Å². The molecular formula is C24H28N2NaO6S+. The van der Waals surface area contributed by atoms with E-state index in [9.17, 15) is 18.5 Å². The van der Waals surface area contributed by atoms with Gasteiger partial charge in [-0.1, -0.05) is 12.1 Å². The number of rotatable bonds is 10. The summed E-state index contributed by atoms with van der Waals surface area (Å²) in [6.07, 6.45) is 4.24.